The second-order valence-corrected chi connectivity index (χ2v) is 4.95. The number of hydrogen-bond donors (Lipinski definition) is 2. The predicted octanol–water partition coefficient (Wildman–Crippen LogP) is 2.47. The third-order valence-corrected chi connectivity index (χ3v) is 3.41. The average Bonchev–Trinajstić information content (AvgIpc) is 2.29. The molecule has 0 heterocycles. The molecule has 94 valence electrons. The second-order valence-electron chi connectivity index (χ2n) is 4.95. The average molecular weight is 237 g/mol. The van der Waals surface area contributed by atoms with Gasteiger partial charge in [0.25, 0.3) is 0 Å². The Morgan fingerprint density at radius 2 is 2.24 bits per heavy atom. The molecule has 0 bridgehead atoms. The van der Waals surface area contributed by atoms with Crippen molar-refractivity contribution < 1.29 is 9.50 Å². The molecule has 3 heteroatoms. The van der Waals surface area contributed by atoms with Gasteiger partial charge < -0.3 is 10.4 Å². The molecule has 0 spiro atoms. The van der Waals surface area contributed by atoms with Crippen LogP contribution in [0.2, 0.25) is 0 Å². The molecule has 0 amide bonds. The van der Waals surface area contributed by atoms with Crippen LogP contribution in [-0.2, 0) is 6.54 Å². The van der Waals surface area contributed by atoms with Crippen LogP contribution in [0.1, 0.15) is 31.2 Å². The molecule has 1 aliphatic rings. The molecule has 2 N–H and O–H groups in total. The molecule has 2 atom stereocenters. The summed E-state index contributed by atoms with van der Waals surface area (Å²) in [5.74, 6) is 0.379. The van der Waals surface area contributed by atoms with Crippen molar-refractivity contribution in [3.63, 3.8) is 0 Å². The topological polar surface area (TPSA) is 32.3 Å². The highest BCUT2D eigenvalue weighted by atomic mass is 19.1. The highest BCUT2D eigenvalue weighted by Gasteiger charge is 2.19. The van der Waals surface area contributed by atoms with Crippen LogP contribution in [0.25, 0.3) is 0 Å². The van der Waals surface area contributed by atoms with E-state index >= 15 is 0 Å². The third kappa shape index (κ3) is 4.10. The first-order valence-corrected chi connectivity index (χ1v) is 6.37. The van der Waals surface area contributed by atoms with E-state index in [1.807, 2.05) is 6.07 Å². The summed E-state index contributed by atoms with van der Waals surface area (Å²) in [6, 6.07) is 6.67. The van der Waals surface area contributed by atoms with E-state index in [4.69, 9.17) is 0 Å². The van der Waals surface area contributed by atoms with E-state index in [-0.39, 0.29) is 11.9 Å². The molecule has 1 aliphatic carbocycles. The molecule has 1 fully saturated rings. The number of halogens is 1. The standard InChI is InChI=1S/C14H20FNO/c15-13-5-1-3-11(7-13)9-16-10-12-4-2-6-14(17)8-12/h1,3,5,7,12,14,16-17H,2,4,6,8-10H2. The van der Waals surface area contributed by atoms with Crippen LogP contribution in [0.3, 0.4) is 0 Å². The van der Waals surface area contributed by atoms with Crippen molar-refractivity contribution in [3.05, 3.63) is 35.6 Å². The van der Waals surface area contributed by atoms with E-state index in [1.54, 1.807) is 12.1 Å². The fourth-order valence-corrected chi connectivity index (χ4v) is 2.52. The quantitative estimate of drug-likeness (QED) is 0.843. The number of nitrogens with one attached hydrogen (secondary N) is 1. The summed E-state index contributed by atoms with van der Waals surface area (Å²) in [4.78, 5) is 0. The fourth-order valence-electron chi connectivity index (χ4n) is 2.52. The smallest absolute Gasteiger partial charge is 0.123 e. The zero-order valence-corrected chi connectivity index (χ0v) is 10.0. The van der Waals surface area contributed by atoms with Gasteiger partial charge in [0.2, 0.25) is 0 Å². The number of hydrogen-bond acceptors (Lipinski definition) is 2. The molecule has 0 saturated heterocycles. The van der Waals surface area contributed by atoms with Crippen LogP contribution in [0.4, 0.5) is 4.39 Å². The molecule has 1 aromatic rings. The predicted molar refractivity (Wildman–Crippen MR) is 66.1 cm³/mol. The van der Waals surface area contributed by atoms with Gasteiger partial charge in [0.1, 0.15) is 5.82 Å². The Morgan fingerprint density at radius 1 is 1.35 bits per heavy atom. The van der Waals surface area contributed by atoms with Gasteiger partial charge >= 0.3 is 0 Å². The van der Waals surface area contributed by atoms with Gasteiger partial charge in [0, 0.05) is 6.54 Å². The minimum Gasteiger partial charge on any atom is -0.393 e. The van der Waals surface area contributed by atoms with Crippen molar-refractivity contribution in [1.82, 2.24) is 5.32 Å². The van der Waals surface area contributed by atoms with Crippen molar-refractivity contribution in [2.45, 2.75) is 38.3 Å². The Hall–Kier alpha value is -0.930. The van der Waals surface area contributed by atoms with E-state index in [0.717, 1.165) is 31.4 Å². The van der Waals surface area contributed by atoms with Crippen molar-refractivity contribution in [1.29, 1.82) is 0 Å². The van der Waals surface area contributed by atoms with Crippen LogP contribution >= 0.6 is 0 Å². The largest absolute Gasteiger partial charge is 0.393 e. The summed E-state index contributed by atoms with van der Waals surface area (Å²) in [6.07, 6.45) is 4.03. The zero-order valence-electron chi connectivity index (χ0n) is 10.0. The van der Waals surface area contributed by atoms with E-state index in [1.165, 1.54) is 12.5 Å². The highest BCUT2D eigenvalue weighted by molar-refractivity contribution is 5.15. The van der Waals surface area contributed by atoms with Gasteiger partial charge in [0.05, 0.1) is 6.10 Å². The Morgan fingerprint density at radius 3 is 3.00 bits per heavy atom. The van der Waals surface area contributed by atoms with Crippen molar-refractivity contribution in [2.24, 2.45) is 5.92 Å². The van der Waals surface area contributed by atoms with E-state index in [0.29, 0.717) is 12.5 Å². The van der Waals surface area contributed by atoms with Gasteiger partial charge in [-0.3, -0.25) is 0 Å². The SMILES string of the molecule is OC1CCCC(CNCc2cccc(F)c2)C1. The van der Waals surface area contributed by atoms with Gasteiger partial charge in [-0.25, -0.2) is 4.39 Å². The van der Waals surface area contributed by atoms with Gasteiger partial charge in [0.15, 0.2) is 0 Å². The highest BCUT2D eigenvalue weighted by Crippen LogP contribution is 2.23. The normalized spacial score (nSPS) is 24.8. The first kappa shape index (κ1) is 12.5. The number of benzene rings is 1. The maximum atomic E-state index is 12.9. The summed E-state index contributed by atoms with van der Waals surface area (Å²) < 4.78 is 12.9. The summed E-state index contributed by atoms with van der Waals surface area (Å²) in [6.45, 7) is 1.61. The maximum absolute atomic E-state index is 12.9. The molecule has 2 unspecified atom stereocenters. The monoisotopic (exact) mass is 237 g/mol. The van der Waals surface area contributed by atoms with Gasteiger partial charge in [-0.15, -0.1) is 0 Å². The molecule has 17 heavy (non-hydrogen) atoms. The molecule has 0 aromatic heterocycles. The Kier molecular flexibility index (Phi) is 4.51. The lowest BCUT2D eigenvalue weighted by Gasteiger charge is -2.26. The van der Waals surface area contributed by atoms with Crippen molar-refractivity contribution in [3.8, 4) is 0 Å². The van der Waals surface area contributed by atoms with Gasteiger partial charge in [-0.2, -0.15) is 0 Å². The van der Waals surface area contributed by atoms with Gasteiger partial charge in [-0.1, -0.05) is 18.6 Å². The molecule has 2 rings (SSSR count). The van der Waals surface area contributed by atoms with E-state index in [2.05, 4.69) is 5.32 Å². The van der Waals surface area contributed by atoms with E-state index < -0.39 is 0 Å². The zero-order chi connectivity index (χ0) is 12.1. The molecular weight excluding hydrogens is 217 g/mol. The Bertz CT molecular complexity index is 356. The number of aliphatic hydroxyl groups excluding tert-OH is 1. The van der Waals surface area contributed by atoms with Crippen LogP contribution in [-0.4, -0.2) is 17.8 Å². The van der Waals surface area contributed by atoms with Crippen molar-refractivity contribution in [2.75, 3.05) is 6.54 Å². The minimum absolute atomic E-state index is 0.121. The summed E-state index contributed by atoms with van der Waals surface area (Å²) in [5.41, 5.74) is 0.973. The summed E-state index contributed by atoms with van der Waals surface area (Å²) in [5, 5.41) is 12.9. The number of rotatable bonds is 4. The van der Waals surface area contributed by atoms with Crippen LogP contribution in [0.15, 0.2) is 24.3 Å². The summed E-state index contributed by atoms with van der Waals surface area (Å²) >= 11 is 0. The first-order chi connectivity index (χ1) is 8.24. The fraction of sp³-hybridized carbons (Fsp3) is 0.571. The summed E-state index contributed by atoms with van der Waals surface area (Å²) in [7, 11) is 0. The third-order valence-electron chi connectivity index (χ3n) is 3.41. The molecule has 0 radical (unpaired) electrons. The maximum Gasteiger partial charge on any atom is 0.123 e. The molecule has 1 saturated carbocycles. The van der Waals surface area contributed by atoms with Crippen LogP contribution < -0.4 is 5.32 Å². The van der Waals surface area contributed by atoms with Crippen molar-refractivity contribution >= 4 is 0 Å². The van der Waals surface area contributed by atoms with Crippen LogP contribution in [0, 0.1) is 11.7 Å². The minimum atomic E-state index is -0.183. The molecular formula is C14H20FNO. The molecule has 0 aliphatic heterocycles. The lowest BCUT2D eigenvalue weighted by molar-refractivity contribution is 0.101. The molecule has 1 aromatic carbocycles. The lowest BCUT2D eigenvalue weighted by atomic mass is 9.87. The lowest BCUT2D eigenvalue weighted by Crippen LogP contribution is -2.28. The van der Waals surface area contributed by atoms with E-state index in [9.17, 15) is 9.50 Å². The molecule has 2 nitrogen and oxygen atoms in total. The Labute approximate surface area is 102 Å². The second kappa shape index (κ2) is 6.12. The Balaban J connectivity index is 1.72. The number of aliphatic hydroxyl groups is 1. The van der Waals surface area contributed by atoms with Crippen LogP contribution in [0.5, 0.6) is 0 Å². The van der Waals surface area contributed by atoms with Gasteiger partial charge in [-0.05, 0) is 49.4 Å². The first-order valence-electron chi connectivity index (χ1n) is 6.37.